The van der Waals surface area contributed by atoms with Crippen LogP contribution >= 0.6 is 0 Å². The second-order valence-electron chi connectivity index (χ2n) is 8.37. The summed E-state index contributed by atoms with van der Waals surface area (Å²) in [6, 6.07) is 6.52. The van der Waals surface area contributed by atoms with Crippen molar-refractivity contribution in [1.29, 1.82) is 0 Å². The topological polar surface area (TPSA) is 29.5 Å². The van der Waals surface area contributed by atoms with Gasteiger partial charge in [0, 0.05) is 0 Å². The Labute approximate surface area is 129 Å². The summed E-state index contributed by atoms with van der Waals surface area (Å²) >= 11 is 0. The van der Waals surface area contributed by atoms with Gasteiger partial charge in [-0.15, -0.1) is 0 Å². The van der Waals surface area contributed by atoms with Crippen LogP contribution in [0.15, 0.2) is 18.2 Å². The van der Waals surface area contributed by atoms with Crippen LogP contribution in [0.25, 0.3) is 0 Å². The lowest BCUT2D eigenvalue weighted by Gasteiger charge is -2.29. The highest BCUT2D eigenvalue weighted by Gasteiger charge is 2.29. The van der Waals surface area contributed by atoms with E-state index in [4.69, 9.17) is 4.74 Å². The molecule has 1 aliphatic carbocycles. The summed E-state index contributed by atoms with van der Waals surface area (Å²) in [7, 11) is 0. The Kier molecular flexibility index (Phi) is 4.39. The minimum atomic E-state index is -0.319. The third kappa shape index (κ3) is 3.79. The number of ether oxygens (including phenoxy) is 1. The van der Waals surface area contributed by atoms with Crippen molar-refractivity contribution in [3.05, 3.63) is 29.3 Å². The second kappa shape index (κ2) is 5.64. The number of hydrogen-bond donors (Lipinski definition) is 1. The van der Waals surface area contributed by atoms with Crippen LogP contribution in [0.2, 0.25) is 0 Å². The number of benzene rings is 1. The van der Waals surface area contributed by atoms with Crippen LogP contribution < -0.4 is 4.74 Å². The van der Waals surface area contributed by atoms with E-state index in [2.05, 4.69) is 59.7 Å². The first-order chi connectivity index (χ1) is 9.59. The summed E-state index contributed by atoms with van der Waals surface area (Å²) in [5, 5.41) is 10.0. The lowest BCUT2D eigenvalue weighted by atomic mass is 9.80. The third-order valence-electron chi connectivity index (χ3n) is 4.35. The van der Waals surface area contributed by atoms with E-state index in [1.807, 2.05) is 0 Å². The van der Waals surface area contributed by atoms with Gasteiger partial charge in [0.25, 0.3) is 0 Å². The highest BCUT2D eigenvalue weighted by atomic mass is 16.5. The van der Waals surface area contributed by atoms with Crippen molar-refractivity contribution in [1.82, 2.24) is 0 Å². The molecule has 0 unspecified atom stereocenters. The van der Waals surface area contributed by atoms with E-state index in [1.54, 1.807) is 0 Å². The van der Waals surface area contributed by atoms with E-state index in [0.717, 1.165) is 25.0 Å². The van der Waals surface area contributed by atoms with E-state index in [0.29, 0.717) is 0 Å². The van der Waals surface area contributed by atoms with E-state index in [-0.39, 0.29) is 23.0 Å². The normalized spacial score (nSPS) is 23.4. The van der Waals surface area contributed by atoms with Crippen LogP contribution in [0.1, 0.15) is 71.9 Å². The monoisotopic (exact) mass is 290 g/mol. The molecule has 1 aromatic rings. The van der Waals surface area contributed by atoms with Crippen LogP contribution in [0.3, 0.4) is 0 Å². The molecule has 0 spiro atoms. The molecular weight excluding hydrogens is 260 g/mol. The fraction of sp³-hybridized carbons (Fsp3) is 0.684. The molecule has 1 saturated carbocycles. The van der Waals surface area contributed by atoms with Gasteiger partial charge in [0.2, 0.25) is 0 Å². The molecule has 0 bridgehead atoms. The van der Waals surface area contributed by atoms with Gasteiger partial charge in [0.15, 0.2) is 0 Å². The Hall–Kier alpha value is -1.02. The van der Waals surface area contributed by atoms with Crippen molar-refractivity contribution in [2.75, 3.05) is 0 Å². The molecule has 0 radical (unpaired) electrons. The van der Waals surface area contributed by atoms with E-state index >= 15 is 0 Å². The molecule has 1 fully saturated rings. The van der Waals surface area contributed by atoms with Crippen molar-refractivity contribution in [2.24, 2.45) is 0 Å². The molecule has 2 nitrogen and oxygen atoms in total. The zero-order chi connectivity index (χ0) is 15.8. The Morgan fingerprint density at radius 1 is 1.00 bits per heavy atom. The average molecular weight is 290 g/mol. The van der Waals surface area contributed by atoms with Crippen LogP contribution in [0.5, 0.6) is 5.75 Å². The number of aliphatic hydroxyl groups is 1. The van der Waals surface area contributed by atoms with Crippen molar-refractivity contribution in [2.45, 2.75) is 83.8 Å². The second-order valence-corrected chi connectivity index (χ2v) is 8.37. The molecule has 1 aliphatic rings. The molecule has 0 saturated heterocycles. The summed E-state index contributed by atoms with van der Waals surface area (Å²) < 4.78 is 6.16. The molecule has 2 rings (SSSR count). The third-order valence-corrected chi connectivity index (χ3v) is 4.35. The largest absolute Gasteiger partial charge is 0.487 e. The smallest absolute Gasteiger partial charge is 0.124 e. The lowest BCUT2D eigenvalue weighted by molar-refractivity contribution is 0.0591. The van der Waals surface area contributed by atoms with Crippen LogP contribution in [0, 0.1) is 0 Å². The number of hydrogen-bond acceptors (Lipinski definition) is 2. The maximum atomic E-state index is 10.0. The zero-order valence-electron chi connectivity index (χ0n) is 14.4. The summed E-state index contributed by atoms with van der Waals surface area (Å²) in [5.41, 5.74) is 2.71. The summed E-state index contributed by atoms with van der Waals surface area (Å²) in [5.74, 6) is 0.932. The lowest BCUT2D eigenvalue weighted by Crippen LogP contribution is -2.27. The van der Waals surface area contributed by atoms with E-state index in [1.165, 1.54) is 11.1 Å². The van der Waals surface area contributed by atoms with Gasteiger partial charge >= 0.3 is 0 Å². The van der Waals surface area contributed by atoms with Gasteiger partial charge in [-0.2, -0.15) is 0 Å². The first-order valence-electron chi connectivity index (χ1n) is 8.09. The van der Waals surface area contributed by atoms with Gasteiger partial charge in [-0.1, -0.05) is 53.7 Å². The van der Waals surface area contributed by atoms with Gasteiger partial charge in [-0.05, 0) is 47.3 Å². The molecule has 1 aromatic carbocycles. The standard InChI is InChI=1S/C19H30O2/c1-18(2,3)13-10-11-16(14(12-13)19(4,5)6)21-17-9-7-8-15(17)20/h10-12,15,17,20H,7-9H2,1-6H3/t15-,17-/m1/s1. The van der Waals surface area contributed by atoms with Gasteiger partial charge < -0.3 is 9.84 Å². The van der Waals surface area contributed by atoms with Gasteiger partial charge in [-0.3, -0.25) is 0 Å². The Balaban J connectivity index is 2.36. The van der Waals surface area contributed by atoms with E-state index < -0.39 is 0 Å². The fourth-order valence-corrected chi connectivity index (χ4v) is 2.89. The molecule has 0 amide bonds. The molecule has 0 aromatic heterocycles. The van der Waals surface area contributed by atoms with Crippen LogP contribution in [-0.2, 0) is 10.8 Å². The maximum Gasteiger partial charge on any atom is 0.124 e. The molecule has 1 N–H and O–H groups in total. The molecular formula is C19H30O2. The SMILES string of the molecule is CC(C)(C)c1ccc(O[C@@H]2CCC[C@H]2O)c(C(C)(C)C)c1. The predicted octanol–water partition coefficient (Wildman–Crippen LogP) is 4.57. The van der Waals surface area contributed by atoms with Crippen molar-refractivity contribution in [3.8, 4) is 5.75 Å². The first-order valence-corrected chi connectivity index (χ1v) is 8.09. The molecule has 0 heterocycles. The van der Waals surface area contributed by atoms with Crippen LogP contribution in [-0.4, -0.2) is 17.3 Å². The Morgan fingerprint density at radius 2 is 1.67 bits per heavy atom. The van der Waals surface area contributed by atoms with Gasteiger partial charge in [0.05, 0.1) is 6.10 Å². The highest BCUT2D eigenvalue weighted by molar-refractivity contribution is 5.43. The predicted molar refractivity (Wildman–Crippen MR) is 88.1 cm³/mol. The van der Waals surface area contributed by atoms with Crippen molar-refractivity contribution >= 4 is 0 Å². The van der Waals surface area contributed by atoms with Gasteiger partial charge in [0.1, 0.15) is 11.9 Å². The van der Waals surface area contributed by atoms with E-state index in [9.17, 15) is 5.11 Å². The minimum Gasteiger partial charge on any atom is -0.487 e. The average Bonchev–Trinajstić information content (AvgIpc) is 2.73. The highest BCUT2D eigenvalue weighted by Crippen LogP contribution is 2.37. The Bertz CT molecular complexity index is 491. The molecule has 2 heteroatoms. The summed E-state index contributed by atoms with van der Waals surface area (Å²) in [6.07, 6.45) is 2.49. The fourth-order valence-electron chi connectivity index (χ4n) is 2.89. The van der Waals surface area contributed by atoms with Crippen molar-refractivity contribution < 1.29 is 9.84 Å². The zero-order valence-corrected chi connectivity index (χ0v) is 14.4. The molecule has 21 heavy (non-hydrogen) atoms. The molecule has 118 valence electrons. The minimum absolute atomic E-state index is 0.0279. The quantitative estimate of drug-likeness (QED) is 0.864. The molecule has 2 atom stereocenters. The first kappa shape index (κ1) is 16.4. The Morgan fingerprint density at radius 3 is 2.14 bits per heavy atom. The van der Waals surface area contributed by atoms with Gasteiger partial charge in [-0.25, -0.2) is 0 Å². The van der Waals surface area contributed by atoms with Crippen molar-refractivity contribution in [3.63, 3.8) is 0 Å². The summed E-state index contributed by atoms with van der Waals surface area (Å²) in [4.78, 5) is 0. The molecule has 0 aliphatic heterocycles. The number of aliphatic hydroxyl groups excluding tert-OH is 1. The summed E-state index contributed by atoms with van der Waals surface area (Å²) in [6.45, 7) is 13.3. The number of rotatable bonds is 2. The maximum absolute atomic E-state index is 10.0. The van der Waals surface area contributed by atoms with Crippen LogP contribution in [0.4, 0.5) is 0 Å².